The van der Waals surface area contributed by atoms with E-state index in [1.54, 1.807) is 6.20 Å². The molecule has 1 aromatic carbocycles. The van der Waals surface area contributed by atoms with Crippen molar-refractivity contribution in [2.45, 2.75) is 38.0 Å². The monoisotopic (exact) mass is 471 g/mol. The van der Waals surface area contributed by atoms with Crippen LogP contribution in [-0.2, 0) is 18.0 Å². The van der Waals surface area contributed by atoms with E-state index in [1.165, 1.54) is 0 Å². The van der Waals surface area contributed by atoms with Crippen LogP contribution in [0.25, 0.3) is 10.9 Å². The third-order valence-electron chi connectivity index (χ3n) is 6.02. The van der Waals surface area contributed by atoms with Gasteiger partial charge in [0.1, 0.15) is 6.61 Å². The molecule has 0 bridgehead atoms. The van der Waals surface area contributed by atoms with Crippen molar-refractivity contribution in [3.8, 4) is 6.01 Å². The molecule has 0 N–H and O–H groups in total. The predicted molar refractivity (Wildman–Crippen MR) is 104 cm³/mol. The van der Waals surface area contributed by atoms with Gasteiger partial charge in [-0.1, -0.05) is 11.6 Å². The first kappa shape index (κ1) is 18.7. The number of hydrogen-bond donors (Lipinski definition) is 0. The van der Waals surface area contributed by atoms with Gasteiger partial charge in [-0.15, -0.1) is 0 Å². The van der Waals surface area contributed by atoms with Crippen molar-refractivity contribution in [1.82, 2.24) is 14.9 Å². The van der Waals surface area contributed by atoms with Gasteiger partial charge in [0.25, 0.3) is 6.08 Å². The minimum Gasteiger partial charge on any atom is -0.461 e. The first-order chi connectivity index (χ1) is 13.5. The predicted octanol–water partition coefficient (Wildman–Crippen LogP) is 4.84. The number of halogens is 4. The number of ether oxygens (including phenoxy) is 2. The lowest BCUT2D eigenvalue weighted by Gasteiger charge is -2.30. The topological polar surface area (TPSA) is 47.5 Å². The SMILES string of the molecule is FC(F)=C1CN2CCC[C@]2(COc2ncc3c4c(c(Br)c(Cl)c3n2)COC4)C1. The quantitative estimate of drug-likeness (QED) is 0.639. The van der Waals surface area contributed by atoms with E-state index in [2.05, 4.69) is 30.8 Å². The van der Waals surface area contributed by atoms with Crippen LogP contribution in [0.5, 0.6) is 6.01 Å². The average Bonchev–Trinajstić information content (AvgIpc) is 3.38. The van der Waals surface area contributed by atoms with Gasteiger partial charge in [0, 0.05) is 28.2 Å². The third-order valence-corrected chi connectivity index (χ3v) is 7.49. The van der Waals surface area contributed by atoms with Gasteiger partial charge in [0.05, 0.1) is 29.3 Å². The maximum absolute atomic E-state index is 13.1. The van der Waals surface area contributed by atoms with Crippen molar-refractivity contribution >= 4 is 38.4 Å². The summed E-state index contributed by atoms with van der Waals surface area (Å²) in [5.74, 6) is 0. The van der Waals surface area contributed by atoms with Crippen LogP contribution in [-0.4, -0.2) is 40.1 Å². The molecule has 4 heterocycles. The standard InChI is InChI=1S/C19H17BrClF2N3O2/c20-14-13-8-27-7-12(13)11-5-24-18(25-16(11)15(14)21)28-9-19-2-1-3-26(19)6-10(4-19)17(22)23/h5H,1-4,6-9H2/t19-/m1/s1. The van der Waals surface area contributed by atoms with Crippen LogP contribution in [0.3, 0.4) is 0 Å². The number of nitrogens with zero attached hydrogens (tertiary/aromatic N) is 3. The largest absolute Gasteiger partial charge is 0.461 e. The van der Waals surface area contributed by atoms with Crippen LogP contribution in [0, 0.1) is 0 Å². The van der Waals surface area contributed by atoms with Crippen molar-refractivity contribution in [2.24, 2.45) is 0 Å². The van der Waals surface area contributed by atoms with Gasteiger partial charge in [-0.2, -0.15) is 13.8 Å². The molecule has 0 amide bonds. The number of hydrogen-bond acceptors (Lipinski definition) is 5. The zero-order chi connectivity index (χ0) is 19.5. The second-order valence-electron chi connectivity index (χ2n) is 7.57. The summed E-state index contributed by atoms with van der Waals surface area (Å²) in [7, 11) is 0. The normalized spacial score (nSPS) is 24.1. The summed E-state index contributed by atoms with van der Waals surface area (Å²) >= 11 is 10.0. The maximum atomic E-state index is 13.1. The van der Waals surface area contributed by atoms with E-state index in [-0.39, 0.29) is 18.2 Å². The molecule has 9 heteroatoms. The highest BCUT2D eigenvalue weighted by Gasteiger charge is 2.48. The molecule has 0 spiro atoms. The van der Waals surface area contributed by atoms with Crippen molar-refractivity contribution in [3.05, 3.63) is 38.5 Å². The van der Waals surface area contributed by atoms with Crippen molar-refractivity contribution in [2.75, 3.05) is 19.7 Å². The lowest BCUT2D eigenvalue weighted by molar-refractivity contribution is 0.108. The molecule has 148 valence electrons. The van der Waals surface area contributed by atoms with E-state index < -0.39 is 11.6 Å². The van der Waals surface area contributed by atoms with Crippen molar-refractivity contribution < 1.29 is 18.3 Å². The van der Waals surface area contributed by atoms with E-state index in [1.807, 2.05) is 0 Å². The fraction of sp³-hybridized carbons (Fsp3) is 0.474. The molecule has 2 saturated heterocycles. The van der Waals surface area contributed by atoms with E-state index >= 15 is 0 Å². The van der Waals surface area contributed by atoms with Gasteiger partial charge >= 0.3 is 6.01 Å². The highest BCUT2D eigenvalue weighted by Crippen LogP contribution is 2.43. The minimum atomic E-state index is -1.57. The Bertz CT molecular complexity index is 1010. The second-order valence-corrected chi connectivity index (χ2v) is 8.74. The van der Waals surface area contributed by atoms with Crippen molar-refractivity contribution in [3.63, 3.8) is 0 Å². The van der Waals surface area contributed by atoms with Crippen LogP contribution in [0.4, 0.5) is 8.78 Å². The molecule has 1 aromatic heterocycles. The molecule has 2 aromatic rings. The molecule has 2 fully saturated rings. The molecule has 0 aliphatic carbocycles. The summed E-state index contributed by atoms with van der Waals surface area (Å²) < 4.78 is 38.4. The zero-order valence-electron chi connectivity index (χ0n) is 14.9. The number of rotatable bonds is 3. The first-order valence-electron chi connectivity index (χ1n) is 9.12. The maximum Gasteiger partial charge on any atom is 0.317 e. The highest BCUT2D eigenvalue weighted by atomic mass is 79.9. The Hall–Kier alpha value is -1.35. The summed E-state index contributed by atoms with van der Waals surface area (Å²) in [5, 5.41) is 1.34. The Morgan fingerprint density at radius 3 is 3.00 bits per heavy atom. The Morgan fingerprint density at radius 1 is 1.36 bits per heavy atom. The summed E-state index contributed by atoms with van der Waals surface area (Å²) in [5.41, 5.74) is 2.47. The van der Waals surface area contributed by atoms with E-state index in [0.717, 1.165) is 40.4 Å². The van der Waals surface area contributed by atoms with Gasteiger partial charge in [0.15, 0.2) is 0 Å². The van der Waals surface area contributed by atoms with Gasteiger partial charge < -0.3 is 9.47 Å². The van der Waals surface area contributed by atoms with Crippen LogP contribution in [0.15, 0.2) is 22.3 Å². The molecule has 3 aliphatic heterocycles. The van der Waals surface area contributed by atoms with Crippen LogP contribution < -0.4 is 4.74 Å². The average molecular weight is 473 g/mol. The lowest BCUT2D eigenvalue weighted by atomic mass is 9.94. The molecule has 0 saturated carbocycles. The molecule has 3 aliphatic rings. The van der Waals surface area contributed by atoms with Crippen LogP contribution >= 0.6 is 27.5 Å². The molecular weight excluding hydrogens is 456 g/mol. The van der Waals surface area contributed by atoms with Gasteiger partial charge in [-0.3, -0.25) is 4.90 Å². The molecule has 1 atom stereocenters. The van der Waals surface area contributed by atoms with E-state index in [0.29, 0.717) is 36.7 Å². The molecule has 28 heavy (non-hydrogen) atoms. The zero-order valence-corrected chi connectivity index (χ0v) is 17.2. The smallest absolute Gasteiger partial charge is 0.317 e. The second kappa shape index (κ2) is 6.86. The minimum absolute atomic E-state index is 0.208. The van der Waals surface area contributed by atoms with E-state index in [4.69, 9.17) is 21.1 Å². The Morgan fingerprint density at radius 2 is 2.18 bits per heavy atom. The third kappa shape index (κ3) is 2.84. The number of fused-ring (bicyclic) bond motifs is 4. The first-order valence-corrected chi connectivity index (χ1v) is 10.3. The highest BCUT2D eigenvalue weighted by molar-refractivity contribution is 9.10. The molecule has 0 radical (unpaired) electrons. The Labute approximate surface area is 173 Å². The van der Waals surface area contributed by atoms with Gasteiger partial charge in [0.2, 0.25) is 0 Å². The summed E-state index contributed by atoms with van der Waals surface area (Å²) in [4.78, 5) is 10.9. The summed E-state index contributed by atoms with van der Waals surface area (Å²) in [6.45, 7) is 2.40. The van der Waals surface area contributed by atoms with Crippen LogP contribution in [0.2, 0.25) is 5.02 Å². The lowest BCUT2D eigenvalue weighted by Crippen LogP contribution is -2.43. The summed E-state index contributed by atoms with van der Waals surface area (Å²) in [6.07, 6.45) is 2.28. The summed E-state index contributed by atoms with van der Waals surface area (Å²) in [6, 6.07) is 0.208. The molecule has 5 nitrogen and oxygen atoms in total. The van der Waals surface area contributed by atoms with Crippen molar-refractivity contribution in [1.29, 1.82) is 0 Å². The number of aromatic nitrogens is 2. The molecule has 5 rings (SSSR count). The van der Waals surface area contributed by atoms with E-state index in [9.17, 15) is 8.78 Å². The fourth-order valence-corrected chi connectivity index (χ4v) is 5.39. The fourth-order valence-electron chi connectivity index (χ4n) is 4.59. The van der Waals surface area contributed by atoms with Gasteiger partial charge in [-0.05, 0) is 52.9 Å². The van der Waals surface area contributed by atoms with Gasteiger partial charge in [-0.25, -0.2) is 4.98 Å². The Kier molecular flexibility index (Phi) is 4.58. The Balaban J connectivity index is 1.44. The molecular formula is C19H17BrClF2N3O2. The molecule has 0 unspecified atom stereocenters. The van der Waals surface area contributed by atoms with Crippen LogP contribution in [0.1, 0.15) is 30.4 Å². The number of benzene rings is 1.